The van der Waals surface area contributed by atoms with Crippen LogP contribution in [-0.4, -0.2) is 24.9 Å². The normalized spacial score (nSPS) is 25.0. The van der Waals surface area contributed by atoms with Gasteiger partial charge in [0.1, 0.15) is 0 Å². The fourth-order valence-electron chi connectivity index (χ4n) is 2.42. The van der Waals surface area contributed by atoms with Crippen molar-refractivity contribution in [1.82, 2.24) is 0 Å². The van der Waals surface area contributed by atoms with Gasteiger partial charge in [-0.3, -0.25) is 0 Å². The second kappa shape index (κ2) is 5.59. The maximum atomic E-state index is 12.3. The van der Waals surface area contributed by atoms with Gasteiger partial charge >= 0.3 is 0 Å². The van der Waals surface area contributed by atoms with E-state index in [0.29, 0.717) is 17.9 Å². The molecule has 100 valence electrons. The van der Waals surface area contributed by atoms with Crippen LogP contribution in [0.15, 0.2) is 24.3 Å². The summed E-state index contributed by atoms with van der Waals surface area (Å²) in [5.41, 5.74) is 0.720. The third kappa shape index (κ3) is 3.25. The third-order valence-corrected chi connectivity index (χ3v) is 5.87. The van der Waals surface area contributed by atoms with Gasteiger partial charge in [-0.25, -0.2) is 8.42 Å². The van der Waals surface area contributed by atoms with Crippen molar-refractivity contribution in [1.29, 1.82) is 0 Å². The predicted molar refractivity (Wildman–Crippen MR) is 72.3 cm³/mol. The summed E-state index contributed by atoms with van der Waals surface area (Å²) >= 11 is 5.77. The molecular weight excluding hydrogens is 272 g/mol. The minimum absolute atomic E-state index is 0.0219. The topological polar surface area (TPSA) is 54.4 Å². The highest BCUT2D eigenvalue weighted by Crippen LogP contribution is 2.27. The van der Waals surface area contributed by atoms with E-state index >= 15 is 0 Å². The maximum Gasteiger partial charge on any atom is 0.159 e. The Bertz CT molecular complexity index is 495. The summed E-state index contributed by atoms with van der Waals surface area (Å²) < 4.78 is 24.5. The van der Waals surface area contributed by atoms with Gasteiger partial charge in [0.2, 0.25) is 0 Å². The maximum absolute atomic E-state index is 12.3. The first-order valence-electron chi connectivity index (χ1n) is 6.13. The lowest BCUT2D eigenvalue weighted by molar-refractivity contribution is 0.133. The van der Waals surface area contributed by atoms with Crippen molar-refractivity contribution < 1.29 is 13.5 Å². The number of hydrogen-bond acceptors (Lipinski definition) is 3. The predicted octanol–water partition coefficient (Wildman–Crippen LogP) is 2.56. The second-order valence-electron chi connectivity index (χ2n) is 4.82. The van der Waals surface area contributed by atoms with Crippen molar-refractivity contribution in [2.24, 2.45) is 0 Å². The molecule has 5 heteroatoms. The van der Waals surface area contributed by atoms with E-state index in [1.807, 2.05) is 0 Å². The summed E-state index contributed by atoms with van der Waals surface area (Å²) in [4.78, 5) is 0. The molecule has 2 atom stereocenters. The Hall–Kier alpha value is -0.580. The molecule has 1 aliphatic carbocycles. The highest BCUT2D eigenvalue weighted by Gasteiger charge is 2.34. The van der Waals surface area contributed by atoms with Crippen LogP contribution in [0, 0.1) is 0 Å². The highest BCUT2D eigenvalue weighted by molar-refractivity contribution is 7.91. The molecular formula is C13H17ClO3S. The lowest BCUT2D eigenvalue weighted by Gasteiger charge is -2.27. The summed E-state index contributed by atoms with van der Waals surface area (Å²) in [6.45, 7) is 0. The fourth-order valence-corrected chi connectivity index (χ4v) is 4.55. The van der Waals surface area contributed by atoms with E-state index in [4.69, 9.17) is 11.6 Å². The zero-order valence-electron chi connectivity index (χ0n) is 10.0. The molecule has 0 spiro atoms. The van der Waals surface area contributed by atoms with Gasteiger partial charge in [-0.1, -0.05) is 36.6 Å². The van der Waals surface area contributed by atoms with Crippen molar-refractivity contribution >= 4 is 21.4 Å². The molecule has 0 unspecified atom stereocenters. The molecule has 1 saturated carbocycles. The van der Waals surface area contributed by atoms with Crippen LogP contribution < -0.4 is 0 Å². The number of benzene rings is 1. The molecule has 1 aromatic carbocycles. The van der Waals surface area contributed by atoms with Crippen molar-refractivity contribution in [2.75, 3.05) is 0 Å². The molecule has 1 aliphatic rings. The van der Waals surface area contributed by atoms with E-state index < -0.39 is 21.2 Å². The molecule has 1 fully saturated rings. The van der Waals surface area contributed by atoms with E-state index in [2.05, 4.69) is 0 Å². The standard InChI is InChI=1S/C13H17ClO3S/c14-11-7-5-10(6-8-11)9-18(16,17)13-4-2-1-3-12(13)15/h5-8,12-13,15H,1-4,9H2/t12-,13-/m1/s1. The Morgan fingerprint density at radius 3 is 2.39 bits per heavy atom. The average molecular weight is 289 g/mol. The van der Waals surface area contributed by atoms with E-state index in [-0.39, 0.29) is 5.75 Å². The summed E-state index contributed by atoms with van der Waals surface area (Å²) in [6.07, 6.45) is 2.23. The summed E-state index contributed by atoms with van der Waals surface area (Å²) in [5, 5.41) is 9.81. The first-order chi connectivity index (χ1) is 8.49. The van der Waals surface area contributed by atoms with Crippen molar-refractivity contribution in [3.8, 4) is 0 Å². The minimum atomic E-state index is -3.29. The first-order valence-corrected chi connectivity index (χ1v) is 8.22. The van der Waals surface area contributed by atoms with Gasteiger partial charge in [0.25, 0.3) is 0 Å². The highest BCUT2D eigenvalue weighted by atomic mass is 35.5. The van der Waals surface area contributed by atoms with Crippen LogP contribution in [0.3, 0.4) is 0 Å². The lowest BCUT2D eigenvalue weighted by Crippen LogP contribution is -2.37. The van der Waals surface area contributed by atoms with Crippen molar-refractivity contribution in [3.05, 3.63) is 34.9 Å². The Balaban J connectivity index is 2.13. The monoisotopic (exact) mass is 288 g/mol. The summed E-state index contributed by atoms with van der Waals surface area (Å²) in [5.74, 6) is -0.0219. The summed E-state index contributed by atoms with van der Waals surface area (Å²) in [7, 11) is -3.29. The summed E-state index contributed by atoms with van der Waals surface area (Å²) in [6, 6.07) is 6.80. The Kier molecular flexibility index (Phi) is 4.30. The molecule has 0 aromatic heterocycles. The number of hydrogen-bond donors (Lipinski definition) is 1. The number of aliphatic hydroxyl groups excluding tert-OH is 1. The van der Waals surface area contributed by atoms with Crippen LogP contribution in [0.2, 0.25) is 5.02 Å². The Labute approximate surface area is 113 Å². The SMILES string of the molecule is O=S(=O)(Cc1ccc(Cl)cc1)[C@@H]1CCCC[C@H]1O. The van der Waals surface area contributed by atoms with Crippen LogP contribution in [0.4, 0.5) is 0 Å². The molecule has 1 aromatic rings. The molecule has 0 amide bonds. The van der Waals surface area contributed by atoms with Gasteiger partial charge in [-0.2, -0.15) is 0 Å². The first kappa shape index (κ1) is 13.8. The molecule has 0 bridgehead atoms. The largest absolute Gasteiger partial charge is 0.392 e. The van der Waals surface area contributed by atoms with Gasteiger partial charge in [-0.15, -0.1) is 0 Å². The zero-order chi connectivity index (χ0) is 13.2. The van der Waals surface area contributed by atoms with Crippen LogP contribution in [0.25, 0.3) is 0 Å². The number of sulfone groups is 1. The minimum Gasteiger partial charge on any atom is -0.392 e. The van der Waals surface area contributed by atoms with E-state index in [1.165, 1.54) is 0 Å². The van der Waals surface area contributed by atoms with Crippen LogP contribution in [-0.2, 0) is 15.6 Å². The van der Waals surface area contributed by atoms with E-state index in [9.17, 15) is 13.5 Å². The molecule has 1 N–H and O–H groups in total. The van der Waals surface area contributed by atoms with E-state index in [0.717, 1.165) is 18.4 Å². The average Bonchev–Trinajstić information content (AvgIpc) is 2.32. The zero-order valence-corrected chi connectivity index (χ0v) is 11.6. The van der Waals surface area contributed by atoms with Gasteiger partial charge in [0, 0.05) is 5.02 Å². The van der Waals surface area contributed by atoms with Gasteiger partial charge < -0.3 is 5.11 Å². The van der Waals surface area contributed by atoms with Crippen molar-refractivity contribution in [3.63, 3.8) is 0 Å². The van der Waals surface area contributed by atoms with Gasteiger partial charge in [0.15, 0.2) is 9.84 Å². The van der Waals surface area contributed by atoms with Gasteiger partial charge in [-0.05, 0) is 30.5 Å². The molecule has 0 saturated heterocycles. The smallest absolute Gasteiger partial charge is 0.159 e. The van der Waals surface area contributed by atoms with Crippen molar-refractivity contribution in [2.45, 2.75) is 42.8 Å². The lowest BCUT2D eigenvalue weighted by atomic mass is 9.97. The van der Waals surface area contributed by atoms with Crippen LogP contribution >= 0.6 is 11.6 Å². The number of aliphatic hydroxyl groups is 1. The van der Waals surface area contributed by atoms with E-state index in [1.54, 1.807) is 24.3 Å². The van der Waals surface area contributed by atoms with Crippen LogP contribution in [0.1, 0.15) is 31.2 Å². The quantitative estimate of drug-likeness (QED) is 0.930. The second-order valence-corrected chi connectivity index (χ2v) is 7.48. The Morgan fingerprint density at radius 2 is 1.78 bits per heavy atom. The Morgan fingerprint density at radius 1 is 1.17 bits per heavy atom. The molecule has 0 heterocycles. The number of halogens is 1. The van der Waals surface area contributed by atoms with Gasteiger partial charge in [0.05, 0.1) is 17.1 Å². The third-order valence-electron chi connectivity index (χ3n) is 3.41. The fraction of sp³-hybridized carbons (Fsp3) is 0.538. The molecule has 0 aliphatic heterocycles. The molecule has 2 rings (SSSR count). The molecule has 3 nitrogen and oxygen atoms in total. The number of rotatable bonds is 3. The molecule has 18 heavy (non-hydrogen) atoms. The van der Waals surface area contributed by atoms with Crippen LogP contribution in [0.5, 0.6) is 0 Å². The molecule has 0 radical (unpaired) electrons.